The third-order valence-corrected chi connectivity index (χ3v) is 9.48. The number of carbonyl (C=O) groups excluding carboxylic acids is 1. The van der Waals surface area contributed by atoms with Gasteiger partial charge >= 0.3 is 6.18 Å². The highest BCUT2D eigenvalue weighted by molar-refractivity contribution is 7.89. The molecule has 1 aliphatic heterocycles. The second-order valence-corrected chi connectivity index (χ2v) is 12.0. The number of ketones is 1. The first-order valence-corrected chi connectivity index (χ1v) is 13.9. The quantitative estimate of drug-likeness (QED) is 0.258. The first kappa shape index (κ1) is 27.0. The van der Waals surface area contributed by atoms with Gasteiger partial charge in [0, 0.05) is 20.1 Å². The van der Waals surface area contributed by atoms with E-state index in [9.17, 15) is 30.8 Å². The average molecular weight is 587 g/mol. The summed E-state index contributed by atoms with van der Waals surface area (Å²) in [6.45, 7) is -0.252. The second-order valence-electron chi connectivity index (χ2n) is 10.0. The number of hydrogen-bond acceptors (Lipinski definition) is 6. The molecule has 1 atom stereocenters. The van der Waals surface area contributed by atoms with Crippen LogP contribution < -0.4 is 0 Å². The minimum atomic E-state index is -4.61. The van der Waals surface area contributed by atoms with Crippen LogP contribution in [-0.4, -0.2) is 56.1 Å². The molecule has 1 aliphatic carbocycles. The van der Waals surface area contributed by atoms with Crippen LogP contribution in [0.15, 0.2) is 71.5 Å². The van der Waals surface area contributed by atoms with E-state index in [0.29, 0.717) is 22.5 Å². The van der Waals surface area contributed by atoms with Crippen molar-refractivity contribution in [3.05, 3.63) is 95.1 Å². The highest BCUT2D eigenvalue weighted by Crippen LogP contribution is 2.47. The Bertz CT molecular complexity index is 1790. The number of halogens is 4. The van der Waals surface area contributed by atoms with E-state index in [-0.39, 0.29) is 36.7 Å². The van der Waals surface area contributed by atoms with E-state index in [0.717, 1.165) is 28.6 Å². The minimum absolute atomic E-state index is 0.00303. The van der Waals surface area contributed by atoms with Crippen molar-refractivity contribution in [3.8, 4) is 5.69 Å². The fourth-order valence-corrected chi connectivity index (χ4v) is 6.99. The zero-order valence-corrected chi connectivity index (χ0v) is 22.3. The summed E-state index contributed by atoms with van der Waals surface area (Å²) >= 11 is 0. The van der Waals surface area contributed by atoms with Gasteiger partial charge < -0.3 is 0 Å². The monoisotopic (exact) mass is 586 g/mol. The van der Waals surface area contributed by atoms with E-state index in [1.54, 1.807) is 30.1 Å². The molecule has 3 heterocycles. The number of Topliss-reactive ketones (excluding diaryl/α,β-unsaturated/α-hetero) is 1. The van der Waals surface area contributed by atoms with E-state index >= 15 is 0 Å². The van der Waals surface area contributed by atoms with Gasteiger partial charge in [0.15, 0.2) is 5.82 Å². The molecule has 9 nitrogen and oxygen atoms in total. The van der Waals surface area contributed by atoms with Gasteiger partial charge in [0.25, 0.3) is 0 Å². The first-order chi connectivity index (χ1) is 19.4. The van der Waals surface area contributed by atoms with Gasteiger partial charge in [-0.05, 0) is 73.0 Å². The minimum Gasteiger partial charge on any atom is -0.290 e. The van der Waals surface area contributed by atoms with Crippen molar-refractivity contribution in [2.24, 2.45) is 12.5 Å². The summed E-state index contributed by atoms with van der Waals surface area (Å²) in [6.07, 6.45) is 0.287. The number of hydrogen-bond donors (Lipinski definition) is 0. The number of fused-ring (bicyclic) bond motifs is 2. The number of rotatable bonds is 5. The first-order valence-electron chi connectivity index (χ1n) is 12.5. The van der Waals surface area contributed by atoms with Crippen LogP contribution in [0.1, 0.15) is 33.9 Å². The average Bonchev–Trinajstić information content (AvgIpc) is 3.56. The number of nitrogens with zero attached hydrogens (tertiary/aromatic N) is 6. The summed E-state index contributed by atoms with van der Waals surface area (Å²) in [5.41, 5.74) is 0.308. The molecule has 4 aromatic rings. The number of sulfonamides is 1. The van der Waals surface area contributed by atoms with Crippen molar-refractivity contribution in [2.75, 3.05) is 13.1 Å². The van der Waals surface area contributed by atoms with Gasteiger partial charge in [-0.3, -0.25) is 4.79 Å². The number of alkyl halides is 3. The Balaban J connectivity index is 1.42. The number of aryl methyl sites for hydroxylation is 1. The molecule has 212 valence electrons. The Labute approximate surface area is 231 Å². The fraction of sp³-hybridized carbons (Fsp3) is 0.259. The van der Waals surface area contributed by atoms with Crippen LogP contribution in [0, 0.1) is 11.2 Å². The molecule has 1 fully saturated rings. The molecule has 0 radical (unpaired) electrons. The Morgan fingerprint density at radius 3 is 2.37 bits per heavy atom. The van der Waals surface area contributed by atoms with Gasteiger partial charge in [0.1, 0.15) is 12.1 Å². The summed E-state index contributed by atoms with van der Waals surface area (Å²) in [5, 5.41) is 8.45. The summed E-state index contributed by atoms with van der Waals surface area (Å²) in [6, 6.07) is 9.06. The van der Waals surface area contributed by atoms with Gasteiger partial charge in [-0.15, -0.1) is 0 Å². The third-order valence-electron chi connectivity index (χ3n) is 7.62. The van der Waals surface area contributed by atoms with Crippen LogP contribution >= 0.6 is 0 Å². The van der Waals surface area contributed by atoms with Gasteiger partial charge in [0.2, 0.25) is 15.8 Å². The van der Waals surface area contributed by atoms with Gasteiger partial charge in [-0.2, -0.15) is 27.7 Å². The van der Waals surface area contributed by atoms with Crippen molar-refractivity contribution < 1.29 is 30.8 Å². The predicted molar refractivity (Wildman–Crippen MR) is 138 cm³/mol. The topological polar surface area (TPSA) is 103 Å². The van der Waals surface area contributed by atoms with Crippen molar-refractivity contribution in [1.82, 2.24) is 28.9 Å². The molecule has 6 rings (SSSR count). The largest absolute Gasteiger partial charge is 0.416 e. The highest BCUT2D eigenvalue weighted by atomic mass is 32.2. The molecule has 1 unspecified atom stereocenters. The molecule has 2 aromatic carbocycles. The maximum atomic E-state index is 14.1. The SMILES string of the molecule is Cn1ncnc1C(=O)C12Cc3cnn(-c4ccc(F)cc4)c3C=C1CCN(S(=O)(=O)c1ccc(C(F)(F)F)cc1)C2. The molecule has 1 saturated heterocycles. The summed E-state index contributed by atoms with van der Waals surface area (Å²) in [4.78, 5) is 18.0. The number of benzene rings is 2. The molecular weight excluding hydrogens is 564 g/mol. The molecular formula is C27H22F4N6O3S. The molecule has 41 heavy (non-hydrogen) atoms. The predicted octanol–water partition coefficient (Wildman–Crippen LogP) is 4.06. The van der Waals surface area contributed by atoms with Gasteiger partial charge in [-0.1, -0.05) is 5.57 Å². The maximum absolute atomic E-state index is 14.1. The highest BCUT2D eigenvalue weighted by Gasteiger charge is 2.52. The molecule has 0 N–H and O–H groups in total. The Hall–Kier alpha value is -4.17. The Morgan fingerprint density at radius 2 is 1.73 bits per heavy atom. The summed E-state index contributed by atoms with van der Waals surface area (Å²) in [5.74, 6) is -0.793. The van der Waals surface area contributed by atoms with Crippen LogP contribution in [-0.2, 0) is 29.7 Å². The zero-order valence-electron chi connectivity index (χ0n) is 21.5. The van der Waals surface area contributed by atoms with Crippen LogP contribution in [0.25, 0.3) is 11.8 Å². The number of piperidine rings is 1. The lowest BCUT2D eigenvalue weighted by molar-refractivity contribution is -0.137. The summed E-state index contributed by atoms with van der Waals surface area (Å²) in [7, 11) is -2.70. The lowest BCUT2D eigenvalue weighted by Gasteiger charge is -2.44. The standard InChI is InChI=1S/C27H22F4N6O3S/c1-35-25(32-16-34-35)24(38)26-13-17-14-33-37(21-6-4-20(28)5-7-21)23(17)12-19(26)10-11-36(15-26)41(39,40)22-8-2-18(3-9-22)27(29,30)31/h2-9,12,14,16H,10-11,13,15H2,1H3. The molecule has 0 amide bonds. The van der Waals surface area contributed by atoms with Gasteiger partial charge in [-0.25, -0.2) is 27.2 Å². The molecule has 0 saturated carbocycles. The Kier molecular flexibility index (Phi) is 6.23. The maximum Gasteiger partial charge on any atom is 0.416 e. The third kappa shape index (κ3) is 4.47. The van der Waals surface area contributed by atoms with Crippen LogP contribution in [0.3, 0.4) is 0 Å². The number of aromatic nitrogens is 5. The lowest BCUT2D eigenvalue weighted by Crippen LogP contribution is -2.53. The van der Waals surface area contributed by atoms with Crippen LogP contribution in [0.4, 0.5) is 17.6 Å². The fourth-order valence-electron chi connectivity index (χ4n) is 5.49. The second kappa shape index (κ2) is 9.45. The van der Waals surface area contributed by atoms with Crippen molar-refractivity contribution in [3.63, 3.8) is 0 Å². The van der Waals surface area contributed by atoms with Crippen LogP contribution in [0.5, 0.6) is 0 Å². The molecule has 0 bridgehead atoms. The van der Waals surface area contributed by atoms with E-state index in [1.165, 1.54) is 23.1 Å². The normalized spacial score (nSPS) is 19.4. The van der Waals surface area contributed by atoms with E-state index < -0.39 is 38.8 Å². The lowest BCUT2D eigenvalue weighted by atomic mass is 9.66. The smallest absolute Gasteiger partial charge is 0.290 e. The van der Waals surface area contributed by atoms with Crippen molar-refractivity contribution in [1.29, 1.82) is 0 Å². The molecule has 2 aliphatic rings. The summed E-state index contributed by atoms with van der Waals surface area (Å²) < 4.78 is 84.1. The van der Waals surface area contributed by atoms with Gasteiger partial charge in [0.05, 0.1) is 33.5 Å². The number of carbonyl (C=O) groups is 1. The van der Waals surface area contributed by atoms with E-state index in [1.807, 2.05) is 6.08 Å². The molecule has 14 heteroatoms. The van der Waals surface area contributed by atoms with E-state index in [2.05, 4.69) is 15.2 Å². The zero-order chi connectivity index (χ0) is 29.2. The van der Waals surface area contributed by atoms with Crippen LogP contribution in [0.2, 0.25) is 0 Å². The molecule has 2 aromatic heterocycles. The van der Waals surface area contributed by atoms with E-state index in [4.69, 9.17) is 0 Å². The Morgan fingerprint density at radius 1 is 1.02 bits per heavy atom. The molecule has 0 spiro atoms. The van der Waals surface area contributed by atoms with Crippen molar-refractivity contribution >= 4 is 21.9 Å². The van der Waals surface area contributed by atoms with Crippen molar-refractivity contribution in [2.45, 2.75) is 23.9 Å².